The minimum atomic E-state index is -0.313. The summed E-state index contributed by atoms with van der Waals surface area (Å²) in [6, 6.07) is 6.15. The number of aliphatic hydroxyl groups is 1. The van der Waals surface area contributed by atoms with Gasteiger partial charge in [-0.2, -0.15) is 0 Å². The molecule has 2 heteroatoms. The lowest BCUT2D eigenvalue weighted by Crippen LogP contribution is -2.04. The molecule has 1 nitrogen and oxygen atoms in total. The van der Waals surface area contributed by atoms with E-state index in [9.17, 15) is 5.11 Å². The Bertz CT molecular complexity index is 320. The summed E-state index contributed by atoms with van der Waals surface area (Å²) in [6.07, 6.45) is 1.61. The van der Waals surface area contributed by atoms with Crippen molar-refractivity contribution in [2.45, 2.75) is 39.7 Å². The van der Waals surface area contributed by atoms with E-state index in [1.54, 1.807) is 0 Å². The van der Waals surface area contributed by atoms with Crippen molar-refractivity contribution >= 4 is 14.5 Å². The zero-order valence-electron chi connectivity index (χ0n) is 9.83. The van der Waals surface area contributed by atoms with Crippen molar-refractivity contribution in [3.63, 3.8) is 0 Å². The molecule has 0 aliphatic rings. The number of rotatable bonds is 4. The first kappa shape index (κ1) is 12.7. The topological polar surface area (TPSA) is 20.2 Å². The molecular weight excluding hydrogens is 203 g/mol. The quantitative estimate of drug-likeness (QED) is 0.779. The highest BCUT2D eigenvalue weighted by Gasteiger charge is 2.08. The third-order valence-electron chi connectivity index (χ3n) is 2.71. The largest absolute Gasteiger partial charge is 0.388 e. The number of aliphatic hydroxyl groups excluding tert-OH is 1. The Morgan fingerprint density at radius 2 is 1.93 bits per heavy atom. The molecule has 1 aromatic rings. The summed E-state index contributed by atoms with van der Waals surface area (Å²) in [5.74, 6) is 0.653. The molecule has 1 aromatic carbocycles. The van der Waals surface area contributed by atoms with E-state index >= 15 is 0 Å². The second-order valence-corrected chi connectivity index (χ2v) is 5.23. The van der Waals surface area contributed by atoms with Crippen LogP contribution in [0.3, 0.4) is 0 Å². The molecule has 2 unspecified atom stereocenters. The fourth-order valence-corrected chi connectivity index (χ4v) is 1.81. The van der Waals surface area contributed by atoms with Gasteiger partial charge in [0.25, 0.3) is 0 Å². The first-order chi connectivity index (χ1) is 7.00. The van der Waals surface area contributed by atoms with E-state index in [-0.39, 0.29) is 6.10 Å². The number of aryl methyl sites for hydroxylation is 1. The van der Waals surface area contributed by atoms with Crippen LogP contribution in [0.15, 0.2) is 18.2 Å². The van der Waals surface area contributed by atoms with Crippen LogP contribution in [0.1, 0.15) is 43.9 Å². The van der Waals surface area contributed by atoms with Crippen LogP contribution in [-0.4, -0.2) is 5.11 Å². The van der Waals surface area contributed by atoms with Crippen LogP contribution in [0.2, 0.25) is 0 Å². The third kappa shape index (κ3) is 3.93. The normalized spacial score (nSPS) is 13.2. The maximum atomic E-state index is 9.98. The van der Waals surface area contributed by atoms with Crippen molar-refractivity contribution in [2.75, 3.05) is 0 Å². The smallest absolute Gasteiger partial charge is 0.0790 e. The zero-order chi connectivity index (χ0) is 11.4. The Morgan fingerprint density at radius 1 is 1.27 bits per heavy atom. The molecule has 0 bridgehead atoms. The minimum Gasteiger partial charge on any atom is -0.388 e. The molecule has 0 saturated heterocycles. The Kier molecular flexibility index (Phi) is 4.76. The first-order valence-electron chi connectivity index (χ1n) is 5.54. The molecule has 0 amide bonds. The van der Waals surface area contributed by atoms with Crippen LogP contribution in [0.25, 0.3) is 0 Å². The molecule has 15 heavy (non-hydrogen) atoms. The average Bonchev–Trinajstić information content (AvgIpc) is 2.18. The van der Waals surface area contributed by atoms with Crippen molar-refractivity contribution in [2.24, 2.45) is 5.92 Å². The summed E-state index contributed by atoms with van der Waals surface area (Å²) in [5.41, 5.74) is 2.28. The van der Waals surface area contributed by atoms with Crippen LogP contribution in [-0.2, 0) is 0 Å². The summed E-state index contributed by atoms with van der Waals surface area (Å²) in [6.45, 7) is 6.44. The van der Waals surface area contributed by atoms with E-state index in [0.717, 1.165) is 18.4 Å². The minimum absolute atomic E-state index is 0.313. The standard InChI is InChI=1S/C13H21OP/c1-9(2)4-7-12(14)11-6-5-10(3)13(15)8-11/h5-6,8-9,12,14H,4,7,15H2,1-3H3. The fourth-order valence-electron chi connectivity index (χ4n) is 1.52. The van der Waals surface area contributed by atoms with Crippen molar-refractivity contribution in [1.82, 2.24) is 0 Å². The Labute approximate surface area is 95.1 Å². The van der Waals surface area contributed by atoms with Crippen LogP contribution in [0, 0.1) is 12.8 Å². The third-order valence-corrected chi connectivity index (χ3v) is 3.33. The number of hydrogen-bond acceptors (Lipinski definition) is 1. The molecule has 0 aliphatic carbocycles. The van der Waals surface area contributed by atoms with E-state index in [2.05, 4.69) is 42.1 Å². The van der Waals surface area contributed by atoms with Gasteiger partial charge in [0.05, 0.1) is 6.10 Å². The van der Waals surface area contributed by atoms with Gasteiger partial charge < -0.3 is 5.11 Å². The lowest BCUT2D eigenvalue weighted by Gasteiger charge is -2.13. The second kappa shape index (κ2) is 5.63. The molecule has 0 aliphatic heterocycles. The van der Waals surface area contributed by atoms with Crippen LogP contribution < -0.4 is 5.30 Å². The SMILES string of the molecule is Cc1ccc(C(O)CCC(C)C)cc1P. The lowest BCUT2D eigenvalue weighted by atomic mass is 9.99. The van der Waals surface area contributed by atoms with E-state index < -0.39 is 0 Å². The van der Waals surface area contributed by atoms with E-state index in [0.29, 0.717) is 5.92 Å². The van der Waals surface area contributed by atoms with Gasteiger partial charge in [0.2, 0.25) is 0 Å². The highest BCUT2D eigenvalue weighted by molar-refractivity contribution is 7.27. The summed E-state index contributed by atoms with van der Waals surface area (Å²) >= 11 is 0. The molecule has 0 aromatic heterocycles. The van der Waals surface area contributed by atoms with E-state index in [1.165, 1.54) is 10.9 Å². The highest BCUT2D eigenvalue weighted by atomic mass is 31.0. The van der Waals surface area contributed by atoms with Crippen molar-refractivity contribution < 1.29 is 5.11 Å². The Balaban J connectivity index is 2.65. The first-order valence-corrected chi connectivity index (χ1v) is 6.12. The average molecular weight is 224 g/mol. The molecule has 2 atom stereocenters. The Hall–Kier alpha value is -0.390. The summed E-state index contributed by atoms with van der Waals surface area (Å²) in [7, 11) is 2.71. The molecule has 1 rings (SSSR count). The maximum Gasteiger partial charge on any atom is 0.0790 e. The summed E-state index contributed by atoms with van der Waals surface area (Å²) < 4.78 is 0. The molecule has 0 heterocycles. The predicted octanol–water partition coefficient (Wildman–Crippen LogP) is 2.97. The molecule has 0 radical (unpaired) electrons. The van der Waals surface area contributed by atoms with Gasteiger partial charge in [0.1, 0.15) is 0 Å². The van der Waals surface area contributed by atoms with Gasteiger partial charge in [-0.3, -0.25) is 0 Å². The van der Waals surface area contributed by atoms with Crippen molar-refractivity contribution in [1.29, 1.82) is 0 Å². The second-order valence-electron chi connectivity index (χ2n) is 4.60. The fraction of sp³-hybridized carbons (Fsp3) is 0.538. The van der Waals surface area contributed by atoms with Crippen LogP contribution in [0.5, 0.6) is 0 Å². The van der Waals surface area contributed by atoms with Gasteiger partial charge >= 0.3 is 0 Å². The van der Waals surface area contributed by atoms with Gasteiger partial charge in [0, 0.05) is 0 Å². The predicted molar refractivity (Wildman–Crippen MR) is 69.6 cm³/mol. The van der Waals surface area contributed by atoms with Crippen molar-refractivity contribution in [3.05, 3.63) is 29.3 Å². The number of hydrogen-bond donors (Lipinski definition) is 1. The van der Waals surface area contributed by atoms with E-state index in [1.807, 2.05) is 6.07 Å². The maximum absolute atomic E-state index is 9.98. The monoisotopic (exact) mass is 224 g/mol. The van der Waals surface area contributed by atoms with Gasteiger partial charge in [-0.05, 0) is 48.2 Å². The molecule has 0 saturated carbocycles. The van der Waals surface area contributed by atoms with E-state index in [4.69, 9.17) is 0 Å². The molecular formula is C13H21OP. The molecule has 0 spiro atoms. The molecule has 84 valence electrons. The molecule has 1 N–H and O–H groups in total. The van der Waals surface area contributed by atoms with Crippen molar-refractivity contribution in [3.8, 4) is 0 Å². The van der Waals surface area contributed by atoms with Gasteiger partial charge in [-0.15, -0.1) is 9.24 Å². The zero-order valence-corrected chi connectivity index (χ0v) is 11.0. The summed E-state index contributed by atoms with van der Waals surface area (Å²) in [4.78, 5) is 0. The number of benzene rings is 1. The highest BCUT2D eigenvalue weighted by Crippen LogP contribution is 2.20. The van der Waals surface area contributed by atoms with Crippen LogP contribution in [0.4, 0.5) is 0 Å². The lowest BCUT2D eigenvalue weighted by molar-refractivity contribution is 0.159. The Morgan fingerprint density at radius 3 is 2.47 bits per heavy atom. The van der Waals surface area contributed by atoms with Gasteiger partial charge in [-0.1, -0.05) is 26.0 Å². The van der Waals surface area contributed by atoms with Gasteiger partial charge in [-0.25, -0.2) is 0 Å². The summed E-state index contributed by atoms with van der Waals surface area (Å²) in [5, 5.41) is 11.2. The molecule has 0 fully saturated rings. The van der Waals surface area contributed by atoms with Gasteiger partial charge in [0.15, 0.2) is 0 Å². The van der Waals surface area contributed by atoms with Crippen LogP contribution >= 0.6 is 9.24 Å².